The lowest BCUT2D eigenvalue weighted by Gasteiger charge is -2.19. The second-order valence-corrected chi connectivity index (χ2v) is 4.43. The average Bonchev–Trinajstić information content (AvgIpc) is 2.38. The Kier molecular flexibility index (Phi) is 6.24. The maximum atomic E-state index is 13.5. The summed E-state index contributed by atoms with van der Waals surface area (Å²) in [6, 6.07) is 2.84. The average molecular weight is 284 g/mol. The van der Waals surface area contributed by atoms with Gasteiger partial charge in [-0.1, -0.05) is 6.92 Å². The van der Waals surface area contributed by atoms with Gasteiger partial charge in [0.2, 0.25) is 5.91 Å². The van der Waals surface area contributed by atoms with E-state index in [2.05, 4.69) is 5.32 Å². The summed E-state index contributed by atoms with van der Waals surface area (Å²) in [5.74, 6) is -2.30. The first-order chi connectivity index (χ1) is 9.47. The molecule has 6 heteroatoms. The van der Waals surface area contributed by atoms with Gasteiger partial charge in [0.05, 0.1) is 18.7 Å². The van der Waals surface area contributed by atoms with Gasteiger partial charge in [-0.15, -0.1) is 0 Å². The van der Waals surface area contributed by atoms with Crippen molar-refractivity contribution in [2.24, 2.45) is 0 Å². The van der Waals surface area contributed by atoms with Gasteiger partial charge in [0.1, 0.15) is 11.6 Å². The van der Waals surface area contributed by atoms with Gasteiger partial charge in [0.15, 0.2) is 5.78 Å². The van der Waals surface area contributed by atoms with E-state index in [9.17, 15) is 18.4 Å². The Morgan fingerprint density at radius 3 is 2.50 bits per heavy atom. The molecule has 0 fully saturated rings. The normalized spacial score (nSPS) is 10.7. The first kappa shape index (κ1) is 16.2. The van der Waals surface area contributed by atoms with Gasteiger partial charge in [-0.3, -0.25) is 14.5 Å². The van der Waals surface area contributed by atoms with E-state index < -0.39 is 17.4 Å². The maximum Gasteiger partial charge on any atom is 0.233 e. The van der Waals surface area contributed by atoms with Crippen LogP contribution in [0.25, 0.3) is 0 Å². The summed E-state index contributed by atoms with van der Waals surface area (Å²) >= 11 is 0. The standard InChI is InChI=1S/C14H18F2N2O2/c1-3-6-18(9-14(20)17-2)8-13(19)11-5-4-10(15)7-12(11)16/h4-5,7H,3,6,8-9H2,1-2H3,(H,17,20). The lowest BCUT2D eigenvalue weighted by atomic mass is 10.1. The van der Waals surface area contributed by atoms with Gasteiger partial charge in [0.25, 0.3) is 0 Å². The highest BCUT2D eigenvalue weighted by Crippen LogP contribution is 2.11. The van der Waals surface area contributed by atoms with E-state index in [1.54, 1.807) is 4.90 Å². The van der Waals surface area contributed by atoms with Crippen molar-refractivity contribution in [3.8, 4) is 0 Å². The first-order valence-corrected chi connectivity index (χ1v) is 6.39. The van der Waals surface area contributed by atoms with Gasteiger partial charge >= 0.3 is 0 Å². The zero-order valence-corrected chi connectivity index (χ0v) is 11.6. The molecule has 0 heterocycles. The van der Waals surface area contributed by atoms with Crippen molar-refractivity contribution < 1.29 is 18.4 Å². The van der Waals surface area contributed by atoms with Crippen LogP contribution in [0.15, 0.2) is 18.2 Å². The zero-order chi connectivity index (χ0) is 15.1. The lowest BCUT2D eigenvalue weighted by molar-refractivity contribution is -0.121. The van der Waals surface area contributed by atoms with Crippen molar-refractivity contribution in [1.29, 1.82) is 0 Å². The van der Waals surface area contributed by atoms with Gasteiger partial charge < -0.3 is 5.32 Å². The Balaban J connectivity index is 2.76. The van der Waals surface area contributed by atoms with Gasteiger partial charge in [0, 0.05) is 13.1 Å². The fourth-order valence-corrected chi connectivity index (χ4v) is 1.82. The molecule has 0 radical (unpaired) electrons. The number of likely N-dealkylation sites (N-methyl/N-ethyl adjacent to an activating group) is 1. The Morgan fingerprint density at radius 1 is 1.25 bits per heavy atom. The number of hydrogen-bond acceptors (Lipinski definition) is 3. The molecular formula is C14H18F2N2O2. The smallest absolute Gasteiger partial charge is 0.233 e. The molecule has 1 rings (SSSR count). The molecule has 1 aromatic rings. The van der Waals surface area contributed by atoms with E-state index in [1.807, 2.05) is 6.92 Å². The number of Topliss-reactive ketones (excluding diaryl/α,β-unsaturated/α-hetero) is 1. The van der Waals surface area contributed by atoms with Crippen LogP contribution in [-0.4, -0.2) is 43.3 Å². The number of benzene rings is 1. The van der Waals surface area contributed by atoms with Crippen LogP contribution in [-0.2, 0) is 4.79 Å². The van der Waals surface area contributed by atoms with Gasteiger partial charge in [-0.25, -0.2) is 8.78 Å². The third-order valence-corrected chi connectivity index (χ3v) is 2.78. The summed E-state index contributed by atoms with van der Waals surface area (Å²) in [6.45, 7) is 2.45. The molecule has 20 heavy (non-hydrogen) atoms. The quantitative estimate of drug-likeness (QED) is 0.774. The number of hydrogen-bond donors (Lipinski definition) is 1. The lowest BCUT2D eigenvalue weighted by Crippen LogP contribution is -2.39. The van der Waals surface area contributed by atoms with Crippen LogP contribution < -0.4 is 5.32 Å². The monoisotopic (exact) mass is 284 g/mol. The van der Waals surface area contributed by atoms with Crippen molar-refractivity contribution in [1.82, 2.24) is 10.2 Å². The number of amides is 1. The number of nitrogens with zero attached hydrogens (tertiary/aromatic N) is 1. The van der Waals surface area contributed by atoms with Crippen LogP contribution in [0, 0.1) is 11.6 Å². The molecule has 0 aliphatic heterocycles. The van der Waals surface area contributed by atoms with Crippen LogP contribution in [0.4, 0.5) is 8.78 Å². The molecule has 1 N–H and O–H groups in total. The summed E-state index contributed by atoms with van der Waals surface area (Å²) in [5.41, 5.74) is -0.163. The van der Waals surface area contributed by atoms with Crippen LogP contribution in [0.3, 0.4) is 0 Å². The van der Waals surface area contributed by atoms with Crippen LogP contribution in [0.1, 0.15) is 23.7 Å². The van der Waals surface area contributed by atoms with Gasteiger partial charge in [-0.05, 0) is 25.1 Å². The molecule has 0 aliphatic rings. The third kappa shape index (κ3) is 4.70. The largest absolute Gasteiger partial charge is 0.358 e. The maximum absolute atomic E-state index is 13.5. The van der Waals surface area contributed by atoms with E-state index in [-0.39, 0.29) is 24.6 Å². The van der Waals surface area contributed by atoms with E-state index >= 15 is 0 Å². The summed E-state index contributed by atoms with van der Waals surface area (Å²) < 4.78 is 26.3. The van der Waals surface area contributed by atoms with Crippen LogP contribution in [0.5, 0.6) is 0 Å². The summed E-state index contributed by atoms with van der Waals surface area (Å²) in [5, 5.41) is 2.47. The predicted octanol–water partition coefficient (Wildman–Crippen LogP) is 1.61. The number of ketones is 1. The molecule has 0 aromatic heterocycles. The van der Waals surface area contributed by atoms with Crippen molar-refractivity contribution in [3.05, 3.63) is 35.4 Å². The summed E-state index contributed by atoms with van der Waals surface area (Å²) in [7, 11) is 1.51. The SMILES string of the molecule is CCCN(CC(=O)NC)CC(=O)c1ccc(F)cc1F. The molecular weight excluding hydrogens is 266 g/mol. The second-order valence-electron chi connectivity index (χ2n) is 4.43. The van der Waals surface area contributed by atoms with Crippen molar-refractivity contribution in [2.45, 2.75) is 13.3 Å². The van der Waals surface area contributed by atoms with Gasteiger partial charge in [-0.2, -0.15) is 0 Å². The Labute approximate surface area is 116 Å². The number of nitrogens with one attached hydrogen (secondary N) is 1. The highest BCUT2D eigenvalue weighted by molar-refractivity contribution is 5.98. The summed E-state index contributed by atoms with van der Waals surface area (Å²) in [6.07, 6.45) is 0.760. The fraction of sp³-hybridized carbons (Fsp3) is 0.429. The number of carbonyl (C=O) groups is 2. The molecule has 0 atom stereocenters. The molecule has 0 unspecified atom stereocenters. The molecule has 0 aliphatic carbocycles. The number of carbonyl (C=O) groups excluding carboxylic acids is 2. The van der Waals surface area contributed by atoms with E-state index in [4.69, 9.17) is 0 Å². The van der Waals surface area contributed by atoms with Crippen molar-refractivity contribution in [2.75, 3.05) is 26.7 Å². The molecule has 0 bridgehead atoms. The molecule has 1 aromatic carbocycles. The fourth-order valence-electron chi connectivity index (χ4n) is 1.82. The molecule has 0 saturated heterocycles. The Morgan fingerprint density at radius 2 is 1.95 bits per heavy atom. The first-order valence-electron chi connectivity index (χ1n) is 6.39. The Bertz CT molecular complexity index is 492. The minimum atomic E-state index is -0.883. The van der Waals surface area contributed by atoms with E-state index in [1.165, 1.54) is 7.05 Å². The minimum absolute atomic E-state index is 0.0683. The summed E-state index contributed by atoms with van der Waals surface area (Å²) in [4.78, 5) is 25.0. The second kappa shape index (κ2) is 7.69. The molecule has 1 amide bonds. The zero-order valence-electron chi connectivity index (χ0n) is 11.6. The molecule has 110 valence electrons. The van der Waals surface area contributed by atoms with E-state index in [0.717, 1.165) is 18.6 Å². The minimum Gasteiger partial charge on any atom is -0.358 e. The van der Waals surface area contributed by atoms with Crippen molar-refractivity contribution in [3.63, 3.8) is 0 Å². The highest BCUT2D eigenvalue weighted by atomic mass is 19.1. The number of rotatable bonds is 7. The number of halogens is 2. The van der Waals surface area contributed by atoms with Crippen LogP contribution >= 0.6 is 0 Å². The topological polar surface area (TPSA) is 49.4 Å². The van der Waals surface area contributed by atoms with E-state index in [0.29, 0.717) is 12.6 Å². The Hall–Kier alpha value is -1.82. The predicted molar refractivity (Wildman–Crippen MR) is 71.5 cm³/mol. The molecule has 0 spiro atoms. The van der Waals surface area contributed by atoms with Crippen LogP contribution in [0.2, 0.25) is 0 Å². The third-order valence-electron chi connectivity index (χ3n) is 2.78. The molecule has 0 saturated carbocycles. The highest BCUT2D eigenvalue weighted by Gasteiger charge is 2.17. The van der Waals surface area contributed by atoms with Crippen molar-refractivity contribution >= 4 is 11.7 Å². The molecule has 4 nitrogen and oxygen atoms in total.